The number of carbonyl (C=O) groups excluding carboxylic acids is 1. The Morgan fingerprint density at radius 2 is 1.74 bits per heavy atom. The van der Waals surface area contributed by atoms with Gasteiger partial charge in [-0.3, -0.25) is 4.68 Å². The zero-order valence-corrected chi connectivity index (χ0v) is 20.7. The molecular weight excluding hydrogens is 443 g/mol. The first-order chi connectivity index (χ1) is 16.7. The van der Waals surface area contributed by atoms with Gasteiger partial charge in [-0.1, -0.05) is 6.07 Å². The molecule has 1 aliphatic heterocycles. The molecule has 0 spiro atoms. The van der Waals surface area contributed by atoms with Crippen molar-refractivity contribution in [2.24, 2.45) is 7.05 Å². The van der Waals surface area contributed by atoms with Crippen molar-refractivity contribution in [1.82, 2.24) is 19.2 Å². The summed E-state index contributed by atoms with van der Waals surface area (Å²) >= 11 is 0. The van der Waals surface area contributed by atoms with Gasteiger partial charge in [-0.25, -0.2) is 9.18 Å². The molecule has 35 heavy (non-hydrogen) atoms. The first-order valence-corrected chi connectivity index (χ1v) is 12.1. The van der Waals surface area contributed by atoms with E-state index in [9.17, 15) is 9.18 Å². The number of piperidine rings is 1. The van der Waals surface area contributed by atoms with Gasteiger partial charge in [0, 0.05) is 49.2 Å². The minimum absolute atomic E-state index is 0.247. The van der Waals surface area contributed by atoms with Crippen LogP contribution in [0.25, 0.3) is 27.7 Å². The second kappa shape index (κ2) is 8.87. The maximum Gasteiger partial charge on any atom is 0.410 e. The van der Waals surface area contributed by atoms with Crippen LogP contribution in [0.15, 0.2) is 61.1 Å². The van der Waals surface area contributed by atoms with Gasteiger partial charge in [0.2, 0.25) is 0 Å². The molecule has 0 saturated carbocycles. The van der Waals surface area contributed by atoms with Crippen molar-refractivity contribution in [1.29, 1.82) is 0 Å². The Balaban J connectivity index is 1.50. The van der Waals surface area contributed by atoms with Crippen LogP contribution in [0.2, 0.25) is 0 Å². The molecule has 182 valence electrons. The van der Waals surface area contributed by atoms with Crippen molar-refractivity contribution in [3.8, 4) is 16.8 Å². The molecule has 4 aromatic rings. The summed E-state index contributed by atoms with van der Waals surface area (Å²) in [4.78, 5) is 14.4. The van der Waals surface area contributed by atoms with Crippen LogP contribution < -0.4 is 0 Å². The van der Waals surface area contributed by atoms with Crippen LogP contribution in [0, 0.1) is 5.82 Å². The smallest absolute Gasteiger partial charge is 0.410 e. The van der Waals surface area contributed by atoms with Gasteiger partial charge in [-0.15, -0.1) is 0 Å². The second-order valence-electron chi connectivity index (χ2n) is 10.3. The highest BCUT2D eigenvalue weighted by atomic mass is 19.1. The number of nitrogens with zero attached hydrogens (tertiary/aromatic N) is 4. The number of halogens is 1. The van der Waals surface area contributed by atoms with Crippen molar-refractivity contribution in [2.75, 3.05) is 13.1 Å². The second-order valence-corrected chi connectivity index (χ2v) is 10.3. The molecule has 2 aromatic heterocycles. The third-order valence-corrected chi connectivity index (χ3v) is 6.56. The van der Waals surface area contributed by atoms with Gasteiger partial charge in [0.25, 0.3) is 0 Å². The summed E-state index contributed by atoms with van der Waals surface area (Å²) in [6.07, 6.45) is 7.54. The molecule has 7 heteroatoms. The summed E-state index contributed by atoms with van der Waals surface area (Å²) in [5.74, 6) is 0.0563. The molecule has 2 aromatic carbocycles. The summed E-state index contributed by atoms with van der Waals surface area (Å²) < 4.78 is 23.1. The van der Waals surface area contributed by atoms with Crippen molar-refractivity contribution >= 4 is 17.0 Å². The highest BCUT2D eigenvalue weighted by Crippen LogP contribution is 2.38. The number of ether oxygens (including phenoxy) is 1. The van der Waals surface area contributed by atoms with Gasteiger partial charge in [-0.05, 0) is 87.1 Å². The fourth-order valence-corrected chi connectivity index (χ4v) is 4.85. The quantitative estimate of drug-likeness (QED) is 0.351. The van der Waals surface area contributed by atoms with Gasteiger partial charge in [0.15, 0.2) is 0 Å². The minimum atomic E-state index is -0.501. The van der Waals surface area contributed by atoms with Crippen LogP contribution in [-0.4, -0.2) is 44.0 Å². The number of aryl methyl sites for hydroxylation is 1. The number of benzene rings is 2. The number of rotatable bonds is 3. The Morgan fingerprint density at radius 1 is 1.03 bits per heavy atom. The van der Waals surface area contributed by atoms with Gasteiger partial charge in [0.05, 0.1) is 11.7 Å². The van der Waals surface area contributed by atoms with E-state index in [-0.39, 0.29) is 11.9 Å². The molecule has 6 nitrogen and oxygen atoms in total. The zero-order chi connectivity index (χ0) is 24.7. The summed E-state index contributed by atoms with van der Waals surface area (Å²) in [6, 6.07) is 13.0. The fourth-order valence-electron chi connectivity index (χ4n) is 4.85. The Bertz CT molecular complexity index is 1360. The lowest BCUT2D eigenvalue weighted by Gasteiger charge is -2.33. The normalized spacial score (nSPS) is 15.1. The van der Waals surface area contributed by atoms with E-state index in [4.69, 9.17) is 4.74 Å². The lowest BCUT2D eigenvalue weighted by atomic mass is 9.89. The molecule has 5 rings (SSSR count). The van der Waals surface area contributed by atoms with E-state index in [1.54, 1.807) is 16.8 Å². The Morgan fingerprint density at radius 3 is 2.37 bits per heavy atom. The Labute approximate surface area is 204 Å². The fraction of sp³-hybridized carbons (Fsp3) is 0.357. The van der Waals surface area contributed by atoms with Gasteiger partial charge in [-0.2, -0.15) is 5.10 Å². The zero-order valence-electron chi connectivity index (χ0n) is 20.7. The van der Waals surface area contributed by atoms with E-state index in [0.717, 1.165) is 35.2 Å². The number of hydrogen-bond donors (Lipinski definition) is 0. The van der Waals surface area contributed by atoms with Crippen LogP contribution in [0.3, 0.4) is 0 Å². The number of fused-ring (bicyclic) bond motifs is 1. The predicted molar refractivity (Wildman–Crippen MR) is 135 cm³/mol. The molecule has 0 aliphatic carbocycles. The molecule has 3 heterocycles. The van der Waals surface area contributed by atoms with Gasteiger partial charge < -0.3 is 14.2 Å². The van der Waals surface area contributed by atoms with E-state index >= 15 is 0 Å². The molecular formula is C28H31FN4O2. The number of likely N-dealkylation sites (tertiary alicyclic amines) is 1. The topological polar surface area (TPSA) is 52.3 Å². The molecule has 0 bridgehead atoms. The number of aromatic nitrogens is 3. The Hall–Kier alpha value is -3.61. The monoisotopic (exact) mass is 474 g/mol. The minimum Gasteiger partial charge on any atom is -0.444 e. The lowest BCUT2D eigenvalue weighted by Crippen LogP contribution is -2.41. The van der Waals surface area contributed by atoms with Crippen molar-refractivity contribution in [2.45, 2.75) is 45.1 Å². The average Bonchev–Trinajstić information content (AvgIpc) is 3.42. The molecule has 1 aliphatic rings. The number of amides is 1. The molecule has 0 radical (unpaired) electrons. The summed E-state index contributed by atoms with van der Waals surface area (Å²) in [5, 5.41) is 5.50. The van der Waals surface area contributed by atoms with E-state index in [1.165, 1.54) is 23.1 Å². The third kappa shape index (κ3) is 4.81. The van der Waals surface area contributed by atoms with Crippen molar-refractivity contribution in [3.05, 3.63) is 72.4 Å². The standard InChI is InChI=1S/C28H31FN4O2/c1-28(2,3)35-27(34)32-13-11-19(12-14-32)25-18-33(23-8-6-22(29)7-9-23)26-10-5-20(15-24(25)26)21-16-30-31(4)17-21/h5-10,15-19H,11-14H2,1-4H3. The Kier molecular flexibility index (Phi) is 5.87. The number of carbonyl (C=O) groups is 1. The highest BCUT2D eigenvalue weighted by molar-refractivity contribution is 5.90. The first kappa shape index (κ1) is 23.1. The molecule has 1 fully saturated rings. The summed E-state index contributed by atoms with van der Waals surface area (Å²) in [5.41, 5.74) is 4.92. The lowest BCUT2D eigenvalue weighted by molar-refractivity contribution is 0.0205. The van der Waals surface area contributed by atoms with Gasteiger partial charge in [0.1, 0.15) is 11.4 Å². The average molecular weight is 475 g/mol. The van der Waals surface area contributed by atoms with Crippen LogP contribution >= 0.6 is 0 Å². The van der Waals surface area contributed by atoms with Crippen LogP contribution in [0.1, 0.15) is 45.1 Å². The summed E-state index contributed by atoms with van der Waals surface area (Å²) in [6.45, 7) is 6.99. The molecule has 1 saturated heterocycles. The SMILES string of the molecule is Cn1cc(-c2ccc3c(c2)c(C2CCN(C(=O)OC(C)(C)C)CC2)cn3-c2ccc(F)cc2)cn1. The molecule has 0 unspecified atom stereocenters. The number of hydrogen-bond acceptors (Lipinski definition) is 3. The molecule has 0 N–H and O–H groups in total. The van der Waals surface area contributed by atoms with Gasteiger partial charge >= 0.3 is 6.09 Å². The van der Waals surface area contributed by atoms with Crippen molar-refractivity contribution < 1.29 is 13.9 Å². The predicted octanol–water partition coefficient (Wildman–Crippen LogP) is 6.28. The van der Waals surface area contributed by atoms with Crippen LogP contribution in [0.5, 0.6) is 0 Å². The molecule has 0 atom stereocenters. The maximum absolute atomic E-state index is 13.6. The first-order valence-electron chi connectivity index (χ1n) is 12.1. The van der Waals surface area contributed by atoms with E-state index in [1.807, 2.05) is 45.1 Å². The van der Waals surface area contributed by atoms with E-state index in [0.29, 0.717) is 19.0 Å². The highest BCUT2D eigenvalue weighted by Gasteiger charge is 2.29. The maximum atomic E-state index is 13.6. The van der Waals surface area contributed by atoms with E-state index in [2.05, 4.69) is 34.1 Å². The molecule has 1 amide bonds. The van der Waals surface area contributed by atoms with Crippen LogP contribution in [0.4, 0.5) is 9.18 Å². The third-order valence-electron chi connectivity index (χ3n) is 6.56. The summed E-state index contributed by atoms with van der Waals surface area (Å²) in [7, 11) is 1.91. The van der Waals surface area contributed by atoms with Crippen molar-refractivity contribution in [3.63, 3.8) is 0 Å². The van der Waals surface area contributed by atoms with Crippen LogP contribution in [-0.2, 0) is 11.8 Å². The largest absolute Gasteiger partial charge is 0.444 e. The van der Waals surface area contributed by atoms with E-state index < -0.39 is 5.60 Å².